The maximum atomic E-state index is 12.4. The minimum atomic E-state index is -0.333. The number of hydrogen-bond donors (Lipinski definition) is 2. The largest absolute Gasteiger partial charge is 0.494 e. The van der Waals surface area contributed by atoms with Crippen molar-refractivity contribution >= 4 is 34.4 Å². The van der Waals surface area contributed by atoms with Gasteiger partial charge in [0, 0.05) is 67.8 Å². The monoisotopic (exact) mass is 468 g/mol. The number of pyridine rings is 1. The second kappa shape index (κ2) is 9.99. The van der Waals surface area contributed by atoms with Crippen molar-refractivity contribution in [3.05, 3.63) is 88.7 Å². The molecule has 0 unspecified atom stereocenters. The van der Waals surface area contributed by atoms with Gasteiger partial charge in [0.1, 0.15) is 0 Å². The number of fused-ring (bicyclic) bond motifs is 1. The molecule has 0 bridgehead atoms. The van der Waals surface area contributed by atoms with Crippen molar-refractivity contribution < 1.29 is 5.11 Å². The average Bonchev–Trinajstić information content (AvgIpc) is 3.38. The summed E-state index contributed by atoms with van der Waals surface area (Å²) in [6.45, 7) is 4.82. The number of aliphatic imine (C=N–C) groups is 1. The van der Waals surface area contributed by atoms with Gasteiger partial charge in [-0.15, -0.1) is 0 Å². The van der Waals surface area contributed by atoms with E-state index < -0.39 is 0 Å². The van der Waals surface area contributed by atoms with Crippen LogP contribution in [0.4, 0.5) is 11.4 Å². The summed E-state index contributed by atoms with van der Waals surface area (Å²) in [4.78, 5) is 28.3. The second-order valence-electron chi connectivity index (χ2n) is 8.75. The van der Waals surface area contributed by atoms with Gasteiger partial charge in [-0.2, -0.15) is 0 Å². The van der Waals surface area contributed by atoms with E-state index in [1.54, 1.807) is 24.8 Å². The Kier molecular flexibility index (Phi) is 6.45. The van der Waals surface area contributed by atoms with Crippen molar-refractivity contribution in [2.75, 3.05) is 38.1 Å². The molecule has 0 saturated carbocycles. The van der Waals surface area contributed by atoms with Crippen molar-refractivity contribution in [1.29, 1.82) is 0 Å². The van der Waals surface area contributed by atoms with Gasteiger partial charge >= 0.3 is 0 Å². The molecule has 8 heteroatoms. The summed E-state index contributed by atoms with van der Waals surface area (Å²) in [6, 6.07) is 13.6. The Balaban J connectivity index is 1.39. The van der Waals surface area contributed by atoms with Crippen LogP contribution in [-0.4, -0.2) is 64.0 Å². The number of H-pyrrole nitrogens is 1. The molecule has 5 rings (SSSR count). The molecule has 0 spiro atoms. The Hall–Kier alpha value is -4.17. The van der Waals surface area contributed by atoms with E-state index >= 15 is 0 Å². The van der Waals surface area contributed by atoms with E-state index in [4.69, 9.17) is 0 Å². The van der Waals surface area contributed by atoms with Gasteiger partial charge in [0.25, 0.3) is 5.56 Å². The van der Waals surface area contributed by atoms with Crippen LogP contribution in [0.3, 0.4) is 0 Å². The molecule has 8 nitrogen and oxygen atoms in total. The van der Waals surface area contributed by atoms with Crippen LogP contribution in [0.15, 0.2) is 77.0 Å². The number of benzene rings is 2. The normalized spacial score (nSPS) is 15.1. The molecule has 0 atom stereocenters. The molecule has 1 aliphatic rings. The Bertz CT molecular complexity index is 1410. The number of nitrogens with zero attached hydrogens (tertiary/aromatic N) is 5. The molecule has 2 N–H and O–H groups in total. The standard InChI is InChI=1S/C27H28N6O2/c1-31-13-15-33(16-14-31)22-7-5-21(6-8-22)29-18-25-24-17-20(3-2-11-32-12-10-28-19-32)4-9-23(24)26(34)30-27(25)35/h2-10,12,17-19H,11,13-16H2,1H3,(H2,30,34,35). The summed E-state index contributed by atoms with van der Waals surface area (Å²) in [7, 11) is 2.14. The number of aromatic hydroxyl groups is 1. The Morgan fingerprint density at radius 2 is 1.89 bits per heavy atom. The zero-order chi connectivity index (χ0) is 24.2. The fraction of sp³-hybridized carbons (Fsp3) is 0.222. The third kappa shape index (κ3) is 5.17. The van der Waals surface area contributed by atoms with Gasteiger partial charge in [-0.1, -0.05) is 18.2 Å². The maximum absolute atomic E-state index is 12.4. The number of nitrogens with one attached hydrogen (secondary N) is 1. The molecule has 2 aromatic carbocycles. The first-order valence-electron chi connectivity index (χ1n) is 11.7. The number of likely N-dealkylation sites (N-methyl/N-ethyl adjacent to an activating group) is 1. The van der Waals surface area contributed by atoms with E-state index in [2.05, 4.69) is 43.9 Å². The number of piperazine rings is 1. The van der Waals surface area contributed by atoms with Crippen LogP contribution in [0.5, 0.6) is 5.88 Å². The topological polar surface area (TPSA) is 89.8 Å². The van der Waals surface area contributed by atoms with Crippen molar-refractivity contribution in [2.24, 2.45) is 4.99 Å². The minimum absolute atomic E-state index is 0.195. The Morgan fingerprint density at radius 3 is 2.63 bits per heavy atom. The first-order chi connectivity index (χ1) is 17.1. The number of anilines is 1. The van der Waals surface area contributed by atoms with E-state index in [0.29, 0.717) is 22.9 Å². The summed E-state index contributed by atoms with van der Waals surface area (Å²) in [6.07, 6.45) is 11.0. The highest BCUT2D eigenvalue weighted by Crippen LogP contribution is 2.25. The number of hydrogen-bond acceptors (Lipinski definition) is 6. The van der Waals surface area contributed by atoms with Crippen molar-refractivity contribution in [2.45, 2.75) is 6.54 Å². The lowest BCUT2D eigenvalue weighted by Gasteiger charge is -2.34. The highest BCUT2D eigenvalue weighted by Gasteiger charge is 2.14. The predicted octanol–water partition coefficient (Wildman–Crippen LogP) is 3.65. The SMILES string of the molecule is CN1CCN(c2ccc(N=Cc3c(O)[nH]c(=O)c4ccc(C=CCn5ccnc5)cc34)cc2)CC1. The van der Waals surface area contributed by atoms with E-state index in [0.717, 1.165) is 37.4 Å². The van der Waals surface area contributed by atoms with Gasteiger partial charge in [-0.3, -0.25) is 14.8 Å². The highest BCUT2D eigenvalue weighted by molar-refractivity contribution is 6.02. The number of aromatic nitrogens is 3. The lowest BCUT2D eigenvalue weighted by molar-refractivity contribution is 0.313. The molecule has 3 heterocycles. The van der Waals surface area contributed by atoms with Crippen LogP contribution in [0, 0.1) is 0 Å². The summed E-state index contributed by atoms with van der Waals surface area (Å²) in [5, 5.41) is 11.7. The van der Waals surface area contributed by atoms with Gasteiger partial charge in [0.05, 0.1) is 17.6 Å². The zero-order valence-corrected chi connectivity index (χ0v) is 19.6. The summed E-state index contributed by atoms with van der Waals surface area (Å²) in [5.74, 6) is -0.195. The molecule has 1 saturated heterocycles. The summed E-state index contributed by atoms with van der Waals surface area (Å²) < 4.78 is 1.96. The van der Waals surface area contributed by atoms with E-state index in [1.807, 2.05) is 47.2 Å². The van der Waals surface area contributed by atoms with E-state index in [-0.39, 0.29) is 11.4 Å². The van der Waals surface area contributed by atoms with Gasteiger partial charge < -0.3 is 19.5 Å². The first kappa shape index (κ1) is 22.6. The molecule has 178 valence electrons. The lowest BCUT2D eigenvalue weighted by atomic mass is 10.0. The van der Waals surface area contributed by atoms with Crippen LogP contribution in [0.1, 0.15) is 11.1 Å². The molecule has 0 aliphatic carbocycles. The van der Waals surface area contributed by atoms with Crippen LogP contribution in [0.2, 0.25) is 0 Å². The van der Waals surface area contributed by atoms with Gasteiger partial charge in [0.2, 0.25) is 5.88 Å². The summed E-state index contributed by atoms with van der Waals surface area (Å²) >= 11 is 0. The van der Waals surface area contributed by atoms with Crippen LogP contribution < -0.4 is 10.5 Å². The number of imidazole rings is 1. The van der Waals surface area contributed by atoms with Crippen molar-refractivity contribution in [1.82, 2.24) is 19.4 Å². The quantitative estimate of drug-likeness (QED) is 0.422. The Labute approximate surface area is 203 Å². The molecule has 35 heavy (non-hydrogen) atoms. The predicted molar refractivity (Wildman–Crippen MR) is 141 cm³/mol. The molecule has 0 radical (unpaired) electrons. The highest BCUT2D eigenvalue weighted by atomic mass is 16.3. The smallest absolute Gasteiger partial charge is 0.258 e. The van der Waals surface area contributed by atoms with Crippen molar-refractivity contribution in [3.8, 4) is 5.88 Å². The van der Waals surface area contributed by atoms with Gasteiger partial charge in [-0.05, 0) is 49.0 Å². The fourth-order valence-corrected chi connectivity index (χ4v) is 4.25. The van der Waals surface area contributed by atoms with E-state index in [9.17, 15) is 9.90 Å². The molecule has 0 amide bonds. The molecular formula is C27H28N6O2. The third-order valence-electron chi connectivity index (χ3n) is 6.31. The molecule has 4 aromatic rings. The molecule has 1 fully saturated rings. The summed E-state index contributed by atoms with van der Waals surface area (Å²) in [5.41, 5.74) is 3.03. The van der Waals surface area contributed by atoms with E-state index in [1.165, 1.54) is 5.69 Å². The average molecular weight is 469 g/mol. The Morgan fingerprint density at radius 1 is 1.09 bits per heavy atom. The van der Waals surface area contributed by atoms with Crippen LogP contribution in [0.25, 0.3) is 16.8 Å². The van der Waals surface area contributed by atoms with Crippen molar-refractivity contribution in [3.63, 3.8) is 0 Å². The number of allylic oxidation sites excluding steroid dienone is 1. The van der Waals surface area contributed by atoms with Crippen LogP contribution >= 0.6 is 0 Å². The van der Waals surface area contributed by atoms with Gasteiger partial charge in [-0.25, -0.2) is 4.98 Å². The second-order valence-corrected chi connectivity index (χ2v) is 8.75. The minimum Gasteiger partial charge on any atom is -0.494 e. The molecule has 2 aromatic heterocycles. The number of aromatic amines is 1. The van der Waals surface area contributed by atoms with Gasteiger partial charge in [0.15, 0.2) is 0 Å². The lowest BCUT2D eigenvalue weighted by Crippen LogP contribution is -2.44. The first-order valence-corrected chi connectivity index (χ1v) is 11.7. The molecular weight excluding hydrogens is 440 g/mol. The molecule has 1 aliphatic heterocycles. The maximum Gasteiger partial charge on any atom is 0.258 e. The number of rotatable bonds is 6. The zero-order valence-electron chi connectivity index (χ0n) is 19.6. The van der Waals surface area contributed by atoms with Crippen LogP contribution in [-0.2, 0) is 6.54 Å². The fourth-order valence-electron chi connectivity index (χ4n) is 4.25. The third-order valence-corrected chi connectivity index (χ3v) is 6.31.